The minimum absolute atomic E-state index is 0.00406. The van der Waals surface area contributed by atoms with E-state index in [-0.39, 0.29) is 17.6 Å². The second-order valence-corrected chi connectivity index (χ2v) is 6.13. The van der Waals surface area contributed by atoms with E-state index in [9.17, 15) is 9.18 Å². The van der Waals surface area contributed by atoms with Crippen LogP contribution in [0.2, 0.25) is 0 Å². The second-order valence-electron chi connectivity index (χ2n) is 6.13. The highest BCUT2D eigenvalue weighted by Gasteiger charge is 2.23. The Morgan fingerprint density at radius 3 is 2.60 bits per heavy atom. The molecule has 3 rings (SSSR count). The zero-order valence-electron chi connectivity index (χ0n) is 13.8. The number of rotatable bonds is 5. The van der Waals surface area contributed by atoms with E-state index in [0.717, 1.165) is 18.4 Å². The summed E-state index contributed by atoms with van der Waals surface area (Å²) in [5, 5.41) is 17.9. The third-order valence-corrected chi connectivity index (χ3v) is 4.08. The van der Waals surface area contributed by atoms with Gasteiger partial charge in [0.25, 0.3) is 0 Å². The summed E-state index contributed by atoms with van der Waals surface area (Å²) in [6.45, 7) is 1.92. The van der Waals surface area contributed by atoms with Crippen molar-refractivity contribution in [3.63, 3.8) is 0 Å². The van der Waals surface area contributed by atoms with Gasteiger partial charge in [-0.15, -0.1) is 0 Å². The van der Waals surface area contributed by atoms with Crippen LogP contribution in [0.1, 0.15) is 36.9 Å². The molecule has 0 unspecified atom stereocenters. The fourth-order valence-corrected chi connectivity index (χ4v) is 2.51. The largest absolute Gasteiger partial charge is 0.377 e. The normalized spacial score (nSPS) is 14.3. The first-order chi connectivity index (χ1) is 12.1. The molecule has 5 nitrogen and oxygen atoms in total. The minimum Gasteiger partial charge on any atom is -0.377 e. The molecule has 2 amide bonds. The fourth-order valence-electron chi connectivity index (χ4n) is 2.51. The third-order valence-electron chi connectivity index (χ3n) is 4.08. The van der Waals surface area contributed by atoms with Gasteiger partial charge in [-0.3, -0.25) is 0 Å². The van der Waals surface area contributed by atoms with Gasteiger partial charge in [0.15, 0.2) is 0 Å². The maximum atomic E-state index is 13.7. The highest BCUT2D eigenvalue weighted by Crippen LogP contribution is 2.25. The van der Waals surface area contributed by atoms with Crippen LogP contribution in [0.25, 0.3) is 0 Å². The Hall–Kier alpha value is -3.07. The summed E-state index contributed by atoms with van der Waals surface area (Å²) in [5.74, 6) is -0.541. The molecule has 1 fully saturated rings. The molecule has 1 aliphatic rings. The molecule has 6 heteroatoms. The van der Waals surface area contributed by atoms with Gasteiger partial charge in [-0.25, -0.2) is 9.18 Å². The first-order valence-electron chi connectivity index (χ1n) is 8.19. The standard InChI is InChI=1S/C19H19FN4O/c1-12(22-18-4-2-3-17(20)16(18)11-21)13-5-7-14(8-6-13)23-19(25)24-15-9-10-15/h2-8,12,15,22H,9-10H2,1H3,(H2,23,24,25)/t12-/m0/s1. The van der Waals surface area contributed by atoms with Crippen LogP contribution in [0.5, 0.6) is 0 Å². The van der Waals surface area contributed by atoms with Crippen molar-refractivity contribution >= 4 is 17.4 Å². The molecule has 0 saturated heterocycles. The smallest absolute Gasteiger partial charge is 0.319 e. The molecule has 0 heterocycles. The van der Waals surface area contributed by atoms with Gasteiger partial charge in [0, 0.05) is 17.8 Å². The van der Waals surface area contributed by atoms with Crippen LogP contribution >= 0.6 is 0 Å². The van der Waals surface area contributed by atoms with E-state index in [0.29, 0.717) is 17.4 Å². The molecule has 25 heavy (non-hydrogen) atoms. The van der Waals surface area contributed by atoms with E-state index in [1.165, 1.54) is 6.07 Å². The molecule has 0 spiro atoms. The molecule has 0 aromatic heterocycles. The first-order valence-corrected chi connectivity index (χ1v) is 8.19. The molecule has 1 aliphatic carbocycles. The lowest BCUT2D eigenvalue weighted by molar-refractivity contribution is 0.251. The van der Waals surface area contributed by atoms with Crippen molar-refractivity contribution in [2.45, 2.75) is 31.8 Å². The lowest BCUT2D eigenvalue weighted by Crippen LogP contribution is -2.30. The van der Waals surface area contributed by atoms with Gasteiger partial charge in [0.1, 0.15) is 17.4 Å². The summed E-state index contributed by atoms with van der Waals surface area (Å²) in [4.78, 5) is 11.7. The van der Waals surface area contributed by atoms with Crippen molar-refractivity contribution in [2.75, 3.05) is 10.6 Å². The van der Waals surface area contributed by atoms with Gasteiger partial charge in [-0.2, -0.15) is 5.26 Å². The average molecular weight is 338 g/mol. The summed E-state index contributed by atoms with van der Waals surface area (Å²) >= 11 is 0. The number of hydrogen-bond donors (Lipinski definition) is 3. The molecular weight excluding hydrogens is 319 g/mol. The van der Waals surface area contributed by atoms with Gasteiger partial charge in [0.2, 0.25) is 0 Å². The van der Waals surface area contributed by atoms with Crippen molar-refractivity contribution < 1.29 is 9.18 Å². The lowest BCUT2D eigenvalue weighted by Gasteiger charge is -2.17. The summed E-state index contributed by atoms with van der Waals surface area (Å²) in [6, 6.07) is 13.8. The van der Waals surface area contributed by atoms with Crippen molar-refractivity contribution in [3.8, 4) is 6.07 Å². The van der Waals surface area contributed by atoms with Gasteiger partial charge in [-0.1, -0.05) is 18.2 Å². The first kappa shape index (κ1) is 16.8. The molecule has 2 aromatic rings. The number of nitriles is 1. The van der Waals surface area contributed by atoms with Crippen LogP contribution in [-0.4, -0.2) is 12.1 Å². The lowest BCUT2D eigenvalue weighted by atomic mass is 10.1. The molecular formula is C19H19FN4O. The predicted octanol–water partition coefficient (Wildman–Crippen LogP) is 4.15. The van der Waals surface area contributed by atoms with E-state index in [2.05, 4.69) is 16.0 Å². The molecule has 1 saturated carbocycles. The summed E-state index contributed by atoms with van der Waals surface area (Å²) in [7, 11) is 0. The quantitative estimate of drug-likeness (QED) is 0.766. The number of benzene rings is 2. The van der Waals surface area contributed by atoms with Crippen LogP contribution < -0.4 is 16.0 Å². The van der Waals surface area contributed by atoms with E-state index < -0.39 is 5.82 Å². The summed E-state index contributed by atoms with van der Waals surface area (Å²) < 4.78 is 13.7. The fraction of sp³-hybridized carbons (Fsp3) is 0.263. The third kappa shape index (κ3) is 4.27. The van der Waals surface area contributed by atoms with Gasteiger partial charge < -0.3 is 16.0 Å². The highest BCUT2D eigenvalue weighted by molar-refractivity contribution is 5.89. The number of nitrogens with zero attached hydrogens (tertiary/aromatic N) is 1. The minimum atomic E-state index is -0.541. The Labute approximate surface area is 145 Å². The monoisotopic (exact) mass is 338 g/mol. The van der Waals surface area contributed by atoms with Gasteiger partial charge in [0.05, 0.1) is 5.69 Å². The Morgan fingerprint density at radius 1 is 1.24 bits per heavy atom. The average Bonchev–Trinajstić information content (AvgIpc) is 3.39. The summed E-state index contributed by atoms with van der Waals surface area (Å²) in [5.41, 5.74) is 2.13. The Balaban J connectivity index is 1.64. The number of carbonyl (C=O) groups is 1. The molecule has 0 aliphatic heterocycles. The SMILES string of the molecule is C[C@H](Nc1cccc(F)c1C#N)c1ccc(NC(=O)NC2CC2)cc1. The zero-order chi connectivity index (χ0) is 17.8. The summed E-state index contributed by atoms with van der Waals surface area (Å²) in [6.07, 6.45) is 2.08. The number of nitrogens with one attached hydrogen (secondary N) is 3. The Morgan fingerprint density at radius 2 is 1.96 bits per heavy atom. The molecule has 1 atom stereocenters. The van der Waals surface area contributed by atoms with Crippen molar-refractivity contribution in [3.05, 3.63) is 59.4 Å². The number of halogens is 1. The maximum absolute atomic E-state index is 13.7. The number of carbonyl (C=O) groups excluding carboxylic acids is 1. The van der Waals surface area contributed by atoms with Crippen LogP contribution in [0.15, 0.2) is 42.5 Å². The molecule has 128 valence electrons. The van der Waals surface area contributed by atoms with Crippen LogP contribution in [0.4, 0.5) is 20.6 Å². The van der Waals surface area contributed by atoms with Crippen LogP contribution in [0, 0.1) is 17.1 Å². The van der Waals surface area contributed by atoms with Crippen LogP contribution in [-0.2, 0) is 0 Å². The number of amides is 2. The Kier molecular flexibility index (Phi) is 4.85. The molecule has 0 radical (unpaired) electrons. The molecule has 0 bridgehead atoms. The highest BCUT2D eigenvalue weighted by atomic mass is 19.1. The molecule has 2 aromatic carbocycles. The topological polar surface area (TPSA) is 77.0 Å². The van der Waals surface area contributed by atoms with Crippen molar-refractivity contribution in [2.24, 2.45) is 0 Å². The van der Waals surface area contributed by atoms with E-state index in [4.69, 9.17) is 5.26 Å². The maximum Gasteiger partial charge on any atom is 0.319 e. The van der Waals surface area contributed by atoms with Crippen LogP contribution in [0.3, 0.4) is 0 Å². The van der Waals surface area contributed by atoms with E-state index in [1.807, 2.05) is 37.3 Å². The second kappa shape index (κ2) is 7.22. The number of urea groups is 1. The predicted molar refractivity (Wildman–Crippen MR) is 94.8 cm³/mol. The van der Waals surface area contributed by atoms with Crippen molar-refractivity contribution in [1.82, 2.24) is 5.32 Å². The molecule has 3 N–H and O–H groups in total. The number of anilines is 2. The van der Waals surface area contributed by atoms with Gasteiger partial charge >= 0.3 is 6.03 Å². The Bertz CT molecular complexity index is 809. The zero-order valence-corrected chi connectivity index (χ0v) is 13.8. The van der Waals surface area contributed by atoms with Gasteiger partial charge in [-0.05, 0) is 49.6 Å². The van der Waals surface area contributed by atoms with Crippen molar-refractivity contribution in [1.29, 1.82) is 5.26 Å². The van der Waals surface area contributed by atoms with E-state index in [1.54, 1.807) is 12.1 Å². The van der Waals surface area contributed by atoms with E-state index >= 15 is 0 Å². The number of hydrogen-bond acceptors (Lipinski definition) is 3.